The van der Waals surface area contributed by atoms with Crippen molar-refractivity contribution in [1.29, 1.82) is 0 Å². The maximum Gasteiger partial charge on any atom is 0.345 e. The summed E-state index contributed by atoms with van der Waals surface area (Å²) in [5.41, 5.74) is 4.97. The maximum atomic E-state index is 10.5. The van der Waals surface area contributed by atoms with Gasteiger partial charge in [0.1, 0.15) is 12.4 Å². The highest BCUT2D eigenvalue weighted by atomic mass is 127. The number of primary amides is 1. The summed E-state index contributed by atoms with van der Waals surface area (Å²) in [5.74, 6) is -0.0301. The number of halogens is 1. The molecule has 0 radical (unpaired) electrons. The Labute approximate surface area is 75.4 Å². The average molecular weight is 253 g/mol. The second-order valence-corrected chi connectivity index (χ2v) is 1.78. The third kappa shape index (κ3) is 1.69. The Bertz CT molecular complexity index is 233. The Hall–Kier alpha value is -0.590. The van der Waals surface area contributed by atoms with Crippen LogP contribution in [0.5, 0.6) is 0 Å². The first-order valence-electron chi connectivity index (χ1n) is 2.54. The van der Waals surface area contributed by atoms with Gasteiger partial charge in [-0.1, -0.05) is 0 Å². The molecule has 0 bridgehead atoms. The second kappa shape index (κ2) is 3.55. The molecule has 1 amide bonds. The lowest BCUT2D eigenvalue weighted by atomic mass is 10.6. The fraction of sp³-hybridized carbons (Fsp3) is 0.200. The highest BCUT2D eigenvalue weighted by Crippen LogP contribution is 1.79. The minimum Gasteiger partial charge on any atom is -1.00 e. The smallest absolute Gasteiger partial charge is 0.345 e. The third-order valence-corrected chi connectivity index (χ3v) is 1.10. The molecular formula is C5H8IN3O. The van der Waals surface area contributed by atoms with Crippen LogP contribution in [0.25, 0.3) is 0 Å². The zero-order valence-electron chi connectivity index (χ0n) is 5.47. The summed E-state index contributed by atoms with van der Waals surface area (Å²) < 4.78 is 1.63. The van der Waals surface area contributed by atoms with Crippen LogP contribution in [0.2, 0.25) is 0 Å². The van der Waals surface area contributed by atoms with Crippen molar-refractivity contribution in [2.75, 3.05) is 0 Å². The molecule has 0 aromatic carbocycles. The Morgan fingerprint density at radius 1 is 1.80 bits per heavy atom. The molecule has 1 aromatic heterocycles. The molecule has 1 heterocycles. The van der Waals surface area contributed by atoms with Crippen molar-refractivity contribution in [2.45, 2.75) is 0 Å². The number of H-pyrrole nitrogens is 1. The van der Waals surface area contributed by atoms with Crippen molar-refractivity contribution < 1.29 is 33.3 Å². The summed E-state index contributed by atoms with van der Waals surface area (Å²) >= 11 is 0. The van der Waals surface area contributed by atoms with Crippen molar-refractivity contribution in [2.24, 2.45) is 12.8 Å². The maximum absolute atomic E-state index is 10.5. The molecule has 0 aliphatic carbocycles. The highest BCUT2D eigenvalue weighted by Gasteiger charge is 2.11. The van der Waals surface area contributed by atoms with Gasteiger partial charge in [0, 0.05) is 0 Å². The number of aromatic amines is 1. The first kappa shape index (κ1) is 9.41. The molecule has 1 aromatic rings. The van der Waals surface area contributed by atoms with Gasteiger partial charge < -0.3 is 29.7 Å². The van der Waals surface area contributed by atoms with Crippen LogP contribution in [0.15, 0.2) is 12.4 Å². The van der Waals surface area contributed by atoms with E-state index in [1.807, 2.05) is 0 Å². The van der Waals surface area contributed by atoms with E-state index in [-0.39, 0.29) is 24.0 Å². The van der Waals surface area contributed by atoms with Gasteiger partial charge in [-0.15, -0.1) is 0 Å². The van der Waals surface area contributed by atoms with Gasteiger partial charge in [-0.25, -0.2) is 9.55 Å². The number of aryl methyl sites for hydroxylation is 1. The van der Waals surface area contributed by atoms with Crippen LogP contribution in [0.1, 0.15) is 10.6 Å². The van der Waals surface area contributed by atoms with Crippen LogP contribution < -0.4 is 34.3 Å². The fourth-order valence-electron chi connectivity index (χ4n) is 0.649. The summed E-state index contributed by atoms with van der Waals surface area (Å²) in [5, 5.41) is 0. The molecule has 0 spiro atoms. The highest BCUT2D eigenvalue weighted by molar-refractivity contribution is 5.87. The van der Waals surface area contributed by atoms with E-state index in [9.17, 15) is 4.79 Å². The third-order valence-electron chi connectivity index (χ3n) is 1.10. The molecule has 10 heavy (non-hydrogen) atoms. The lowest BCUT2D eigenvalue weighted by Crippen LogP contribution is -3.00. The predicted molar refractivity (Wildman–Crippen MR) is 30.5 cm³/mol. The number of rotatable bonds is 1. The van der Waals surface area contributed by atoms with Crippen molar-refractivity contribution in [3.63, 3.8) is 0 Å². The van der Waals surface area contributed by atoms with Crippen LogP contribution >= 0.6 is 0 Å². The molecule has 3 N–H and O–H groups in total. The molecule has 0 fully saturated rings. The molecule has 4 nitrogen and oxygen atoms in total. The zero-order chi connectivity index (χ0) is 6.85. The average Bonchev–Trinajstić information content (AvgIpc) is 2.13. The van der Waals surface area contributed by atoms with E-state index < -0.39 is 5.91 Å². The summed E-state index contributed by atoms with van der Waals surface area (Å²) in [6.45, 7) is 0. The van der Waals surface area contributed by atoms with Gasteiger partial charge in [-0.05, 0) is 0 Å². The first-order chi connectivity index (χ1) is 4.22. The molecule has 0 saturated heterocycles. The standard InChI is InChI=1S/C5H7N3O.HI/c1-8-3-2-7-5(8)4(6)9;/h2-3H,1H3,(H2,6,9);1H. The minimum absolute atomic E-state index is 0. The van der Waals surface area contributed by atoms with E-state index in [0.29, 0.717) is 5.82 Å². The summed E-state index contributed by atoms with van der Waals surface area (Å²) in [4.78, 5) is 13.1. The number of hydrogen-bond acceptors (Lipinski definition) is 1. The Balaban J connectivity index is 0.000000810. The van der Waals surface area contributed by atoms with Gasteiger partial charge in [0.2, 0.25) is 0 Å². The number of nitrogens with two attached hydrogens (primary N) is 1. The Morgan fingerprint density at radius 2 is 2.40 bits per heavy atom. The SMILES string of the molecule is C[n+]1cc[nH]c1C(N)=O.[I-]. The fourth-order valence-corrected chi connectivity index (χ4v) is 0.649. The van der Waals surface area contributed by atoms with Gasteiger partial charge >= 0.3 is 11.7 Å². The zero-order valence-corrected chi connectivity index (χ0v) is 7.62. The number of amides is 1. The van der Waals surface area contributed by atoms with Gasteiger partial charge in [-0.2, -0.15) is 0 Å². The van der Waals surface area contributed by atoms with Crippen molar-refractivity contribution in [3.05, 3.63) is 18.2 Å². The molecule has 0 aliphatic rings. The second-order valence-electron chi connectivity index (χ2n) is 1.78. The van der Waals surface area contributed by atoms with E-state index in [1.165, 1.54) is 0 Å². The van der Waals surface area contributed by atoms with Gasteiger partial charge in [0.15, 0.2) is 0 Å². The molecule has 1 rings (SSSR count). The van der Waals surface area contributed by atoms with Crippen LogP contribution in [0.3, 0.4) is 0 Å². The van der Waals surface area contributed by atoms with E-state index in [4.69, 9.17) is 5.73 Å². The molecule has 0 saturated carbocycles. The first-order valence-corrected chi connectivity index (χ1v) is 2.54. The van der Waals surface area contributed by atoms with Crippen LogP contribution in [-0.4, -0.2) is 10.9 Å². The number of nitrogens with one attached hydrogen (secondary N) is 1. The lowest BCUT2D eigenvalue weighted by molar-refractivity contribution is -0.672. The van der Waals surface area contributed by atoms with Gasteiger partial charge in [0.05, 0.1) is 7.05 Å². The van der Waals surface area contributed by atoms with Crippen molar-refractivity contribution >= 4 is 5.91 Å². The number of carbonyl (C=O) groups is 1. The van der Waals surface area contributed by atoms with Crippen LogP contribution in [-0.2, 0) is 7.05 Å². The van der Waals surface area contributed by atoms with E-state index >= 15 is 0 Å². The quantitative estimate of drug-likeness (QED) is 0.388. The van der Waals surface area contributed by atoms with Gasteiger partial charge in [0.25, 0.3) is 0 Å². The van der Waals surface area contributed by atoms with Crippen molar-refractivity contribution in [3.8, 4) is 0 Å². The molecular weight excluding hydrogens is 245 g/mol. The number of carbonyl (C=O) groups excluding carboxylic acids is 1. The predicted octanol–water partition coefficient (Wildman–Crippen LogP) is -4.06. The Morgan fingerprint density at radius 3 is 2.60 bits per heavy atom. The molecule has 0 aliphatic heterocycles. The monoisotopic (exact) mass is 253 g/mol. The van der Waals surface area contributed by atoms with E-state index in [2.05, 4.69) is 4.98 Å². The van der Waals surface area contributed by atoms with Crippen LogP contribution in [0, 0.1) is 0 Å². The Kier molecular flexibility index (Phi) is 3.34. The van der Waals surface area contributed by atoms with Gasteiger partial charge in [-0.3, -0.25) is 4.79 Å². The largest absolute Gasteiger partial charge is 1.00 e. The van der Waals surface area contributed by atoms with E-state index in [0.717, 1.165) is 0 Å². The number of hydrogen-bond donors (Lipinski definition) is 2. The lowest BCUT2D eigenvalue weighted by Gasteiger charge is -1.83. The number of nitrogens with zero attached hydrogens (tertiary/aromatic N) is 1. The summed E-state index contributed by atoms with van der Waals surface area (Å²) in [6, 6.07) is 0. The minimum atomic E-state index is -0.442. The van der Waals surface area contributed by atoms with Crippen LogP contribution in [0.4, 0.5) is 0 Å². The van der Waals surface area contributed by atoms with E-state index in [1.54, 1.807) is 24.0 Å². The summed E-state index contributed by atoms with van der Waals surface area (Å²) in [6.07, 6.45) is 3.38. The summed E-state index contributed by atoms with van der Waals surface area (Å²) in [7, 11) is 1.75. The number of aromatic nitrogens is 2. The molecule has 0 unspecified atom stereocenters. The van der Waals surface area contributed by atoms with Crippen molar-refractivity contribution in [1.82, 2.24) is 4.98 Å². The molecule has 0 atom stereocenters. The number of imidazole rings is 1. The molecule has 5 heteroatoms. The normalized spacial score (nSPS) is 8.50. The molecule has 56 valence electrons. The topological polar surface area (TPSA) is 62.8 Å².